The van der Waals surface area contributed by atoms with Crippen LogP contribution in [0.15, 0.2) is 47.4 Å². The molecule has 0 spiro atoms. The molecule has 3 rings (SSSR count). The van der Waals surface area contributed by atoms with Crippen molar-refractivity contribution in [2.45, 2.75) is 30.8 Å². The molecule has 186 valence electrons. The Morgan fingerprint density at radius 2 is 1.74 bits per heavy atom. The van der Waals surface area contributed by atoms with E-state index in [2.05, 4.69) is 5.32 Å². The fraction of sp³-hybridized carbons (Fsp3) is 0.458. The summed E-state index contributed by atoms with van der Waals surface area (Å²) in [5, 5.41) is 2.83. The van der Waals surface area contributed by atoms with Gasteiger partial charge in [0.05, 0.1) is 25.7 Å². The van der Waals surface area contributed by atoms with Gasteiger partial charge < -0.3 is 19.5 Å². The van der Waals surface area contributed by atoms with Crippen LogP contribution in [-0.4, -0.2) is 59.1 Å². The Hall–Kier alpha value is -2.69. The van der Waals surface area contributed by atoms with Crippen LogP contribution in [0.25, 0.3) is 0 Å². The topological polar surface area (TPSA) is 94.2 Å². The van der Waals surface area contributed by atoms with Gasteiger partial charge in [-0.15, -0.1) is 0 Å². The first kappa shape index (κ1) is 25.9. The third kappa shape index (κ3) is 6.91. The molecule has 1 aliphatic rings. The summed E-state index contributed by atoms with van der Waals surface area (Å²) in [6.07, 6.45) is 2.22. The first-order valence-electron chi connectivity index (χ1n) is 11.1. The number of methoxy groups -OCH3 is 2. The van der Waals surface area contributed by atoms with Crippen molar-refractivity contribution in [2.24, 2.45) is 5.92 Å². The van der Waals surface area contributed by atoms with Gasteiger partial charge in [-0.1, -0.05) is 12.1 Å². The maximum Gasteiger partial charge on any atom is 0.246 e. The summed E-state index contributed by atoms with van der Waals surface area (Å²) in [4.78, 5) is 12.1. The van der Waals surface area contributed by atoms with Crippen LogP contribution in [0, 0.1) is 11.7 Å². The fourth-order valence-electron chi connectivity index (χ4n) is 3.87. The minimum absolute atomic E-state index is 0.0701. The van der Waals surface area contributed by atoms with E-state index in [1.165, 1.54) is 42.8 Å². The number of hydrogen-bond acceptors (Lipinski definition) is 6. The molecule has 0 unspecified atom stereocenters. The second kappa shape index (κ2) is 12.1. The summed E-state index contributed by atoms with van der Waals surface area (Å²) in [6.45, 7) is 1.53. The zero-order valence-electron chi connectivity index (χ0n) is 19.5. The molecule has 1 heterocycles. The van der Waals surface area contributed by atoms with Crippen molar-refractivity contribution in [1.29, 1.82) is 0 Å². The van der Waals surface area contributed by atoms with Crippen LogP contribution in [0.3, 0.4) is 0 Å². The van der Waals surface area contributed by atoms with E-state index in [1.807, 2.05) is 0 Å². The molecule has 0 saturated carbocycles. The number of carbonyl (C=O) groups excluding carboxylic acids is 1. The number of sulfonamides is 1. The standard InChI is InChI=1S/C24H31FN2O6S/c1-31-22-8-7-21(15-23(22)32-2)34(29,30)27-13-10-18(11-14-27)9-12-26-24(28)17-33-16-19-3-5-20(25)6-4-19/h3-8,15,18H,9-14,16-17H2,1-2H3,(H,26,28). The van der Waals surface area contributed by atoms with Crippen LogP contribution in [0.2, 0.25) is 0 Å². The lowest BCUT2D eigenvalue weighted by molar-refractivity contribution is -0.126. The van der Waals surface area contributed by atoms with Crippen molar-refractivity contribution in [3.8, 4) is 11.5 Å². The van der Waals surface area contributed by atoms with Gasteiger partial charge >= 0.3 is 0 Å². The van der Waals surface area contributed by atoms with Gasteiger partial charge in [-0.05, 0) is 55.0 Å². The van der Waals surface area contributed by atoms with Gasteiger partial charge in [-0.25, -0.2) is 12.8 Å². The quantitative estimate of drug-likeness (QED) is 0.516. The Morgan fingerprint density at radius 3 is 2.38 bits per heavy atom. The number of piperidine rings is 1. The zero-order chi connectivity index (χ0) is 24.6. The molecule has 0 atom stereocenters. The lowest BCUT2D eigenvalue weighted by atomic mass is 9.95. The van der Waals surface area contributed by atoms with Crippen molar-refractivity contribution in [3.05, 3.63) is 53.8 Å². The van der Waals surface area contributed by atoms with Crippen LogP contribution in [0.1, 0.15) is 24.8 Å². The molecule has 10 heteroatoms. The first-order valence-corrected chi connectivity index (χ1v) is 12.6. The Balaban J connectivity index is 1.38. The highest BCUT2D eigenvalue weighted by atomic mass is 32.2. The number of nitrogens with one attached hydrogen (secondary N) is 1. The van der Waals surface area contributed by atoms with E-state index in [0.29, 0.717) is 37.1 Å². The predicted octanol–water partition coefficient (Wildman–Crippen LogP) is 2.97. The fourth-order valence-corrected chi connectivity index (χ4v) is 5.36. The van der Waals surface area contributed by atoms with E-state index in [1.54, 1.807) is 18.2 Å². The monoisotopic (exact) mass is 494 g/mol. The number of amides is 1. The SMILES string of the molecule is COc1ccc(S(=O)(=O)N2CCC(CCNC(=O)COCc3ccc(F)cc3)CC2)cc1OC. The average Bonchev–Trinajstić information content (AvgIpc) is 2.85. The van der Waals surface area contributed by atoms with E-state index < -0.39 is 10.0 Å². The summed E-state index contributed by atoms with van der Waals surface area (Å²) in [6, 6.07) is 10.5. The molecular formula is C24H31FN2O6S. The molecule has 1 saturated heterocycles. The summed E-state index contributed by atoms with van der Waals surface area (Å²) in [7, 11) is -0.653. The maximum atomic E-state index is 13.0. The molecule has 1 aliphatic heterocycles. The van der Waals surface area contributed by atoms with E-state index in [0.717, 1.165) is 24.8 Å². The molecule has 34 heavy (non-hydrogen) atoms. The molecule has 0 aliphatic carbocycles. The number of hydrogen-bond donors (Lipinski definition) is 1. The normalized spacial score (nSPS) is 15.1. The zero-order valence-corrected chi connectivity index (χ0v) is 20.3. The van der Waals surface area contributed by atoms with E-state index in [4.69, 9.17) is 14.2 Å². The van der Waals surface area contributed by atoms with Crippen molar-refractivity contribution in [2.75, 3.05) is 40.5 Å². The van der Waals surface area contributed by atoms with Crippen LogP contribution >= 0.6 is 0 Å². The van der Waals surface area contributed by atoms with E-state index in [9.17, 15) is 17.6 Å². The molecule has 0 aromatic heterocycles. The molecule has 8 nitrogen and oxygen atoms in total. The third-order valence-corrected chi connectivity index (χ3v) is 7.75. The van der Waals surface area contributed by atoms with Gasteiger partial charge in [0, 0.05) is 25.7 Å². The molecule has 1 N–H and O–H groups in total. The second-order valence-corrected chi connectivity index (χ2v) is 10.1. The summed E-state index contributed by atoms with van der Waals surface area (Å²) in [5.41, 5.74) is 0.795. The molecule has 0 radical (unpaired) electrons. The van der Waals surface area contributed by atoms with Crippen LogP contribution in [0.5, 0.6) is 11.5 Å². The smallest absolute Gasteiger partial charge is 0.246 e. The number of carbonyl (C=O) groups is 1. The molecule has 2 aromatic carbocycles. The molecule has 1 fully saturated rings. The average molecular weight is 495 g/mol. The predicted molar refractivity (Wildman–Crippen MR) is 125 cm³/mol. The van der Waals surface area contributed by atoms with Crippen molar-refractivity contribution in [1.82, 2.24) is 9.62 Å². The number of rotatable bonds is 11. The van der Waals surface area contributed by atoms with Gasteiger partial charge in [0.1, 0.15) is 12.4 Å². The molecule has 2 aromatic rings. The Labute approximate surface area is 200 Å². The first-order chi connectivity index (χ1) is 16.3. The van der Waals surface area contributed by atoms with Gasteiger partial charge in [-0.3, -0.25) is 4.79 Å². The van der Waals surface area contributed by atoms with Gasteiger partial charge in [0.15, 0.2) is 11.5 Å². The highest BCUT2D eigenvalue weighted by Crippen LogP contribution is 2.32. The highest BCUT2D eigenvalue weighted by Gasteiger charge is 2.30. The number of nitrogens with zero attached hydrogens (tertiary/aromatic N) is 1. The lowest BCUT2D eigenvalue weighted by Crippen LogP contribution is -2.39. The molecule has 0 bridgehead atoms. The minimum Gasteiger partial charge on any atom is -0.493 e. The Kier molecular flexibility index (Phi) is 9.26. The van der Waals surface area contributed by atoms with Crippen LogP contribution in [0.4, 0.5) is 4.39 Å². The Morgan fingerprint density at radius 1 is 1.06 bits per heavy atom. The van der Waals surface area contributed by atoms with Gasteiger partial charge in [-0.2, -0.15) is 4.31 Å². The minimum atomic E-state index is -3.62. The second-order valence-electron chi connectivity index (χ2n) is 8.12. The number of ether oxygens (including phenoxy) is 3. The van der Waals surface area contributed by atoms with E-state index >= 15 is 0 Å². The van der Waals surface area contributed by atoms with Crippen molar-refractivity contribution in [3.63, 3.8) is 0 Å². The van der Waals surface area contributed by atoms with Gasteiger partial charge in [0.2, 0.25) is 15.9 Å². The number of benzene rings is 2. The van der Waals surface area contributed by atoms with Gasteiger partial charge in [0.25, 0.3) is 0 Å². The van der Waals surface area contributed by atoms with Crippen LogP contribution < -0.4 is 14.8 Å². The summed E-state index contributed by atoms with van der Waals surface area (Å²) in [5.74, 6) is 0.651. The molecular weight excluding hydrogens is 463 g/mol. The highest BCUT2D eigenvalue weighted by molar-refractivity contribution is 7.89. The molecule has 1 amide bonds. The summed E-state index contributed by atoms with van der Waals surface area (Å²) < 4.78 is 56.2. The van der Waals surface area contributed by atoms with Crippen LogP contribution in [-0.2, 0) is 26.2 Å². The maximum absolute atomic E-state index is 13.0. The largest absolute Gasteiger partial charge is 0.493 e. The third-order valence-electron chi connectivity index (χ3n) is 5.86. The van der Waals surface area contributed by atoms with E-state index in [-0.39, 0.29) is 29.8 Å². The van der Waals surface area contributed by atoms with Crippen molar-refractivity contribution >= 4 is 15.9 Å². The Bertz CT molecular complexity index is 1050. The number of halogens is 1. The lowest BCUT2D eigenvalue weighted by Gasteiger charge is -2.31. The summed E-state index contributed by atoms with van der Waals surface area (Å²) >= 11 is 0. The van der Waals surface area contributed by atoms with Crippen molar-refractivity contribution < 1.29 is 31.8 Å².